The lowest BCUT2D eigenvalue weighted by molar-refractivity contribution is -0.134. The van der Waals surface area contributed by atoms with Gasteiger partial charge in [-0.2, -0.15) is 5.10 Å². The molecule has 1 atom stereocenters. The number of likely N-dealkylation sites (tertiary alicyclic amines) is 1. The maximum atomic E-state index is 13.3. The number of aryl methyl sites for hydroxylation is 1. The van der Waals surface area contributed by atoms with Crippen LogP contribution in [0.4, 0.5) is 0 Å². The van der Waals surface area contributed by atoms with Gasteiger partial charge in [-0.15, -0.1) is 0 Å². The molecule has 0 bridgehead atoms. The standard InChI is InChI=1S/C22H26ClN5O2/c1-26-10-4-7-19(26)20-13-18(16-5-2-3-6-17(16)23)25-28(20)21(29)14-27-11-8-15(9-12-27)22(24)30/h2-7,10,15,20H,8-9,11-14H2,1H3,(H2,24,30)/t20-/m0/s1. The Kier molecular flexibility index (Phi) is 5.92. The van der Waals surface area contributed by atoms with E-state index in [-0.39, 0.29) is 30.3 Å². The summed E-state index contributed by atoms with van der Waals surface area (Å²) in [5.74, 6) is -0.400. The van der Waals surface area contributed by atoms with Crippen molar-refractivity contribution in [1.29, 1.82) is 0 Å². The number of carbonyl (C=O) groups excluding carboxylic acids is 2. The zero-order chi connectivity index (χ0) is 21.3. The molecule has 7 nitrogen and oxygen atoms in total. The zero-order valence-corrected chi connectivity index (χ0v) is 17.8. The summed E-state index contributed by atoms with van der Waals surface area (Å²) in [7, 11) is 1.97. The van der Waals surface area contributed by atoms with E-state index in [0.717, 1.165) is 17.0 Å². The van der Waals surface area contributed by atoms with E-state index in [0.29, 0.717) is 37.4 Å². The molecule has 0 spiro atoms. The summed E-state index contributed by atoms with van der Waals surface area (Å²) in [5, 5.41) is 6.94. The summed E-state index contributed by atoms with van der Waals surface area (Å²) in [4.78, 5) is 26.7. The van der Waals surface area contributed by atoms with Gasteiger partial charge in [0.15, 0.2) is 0 Å². The van der Waals surface area contributed by atoms with Gasteiger partial charge in [-0.05, 0) is 44.1 Å². The summed E-state index contributed by atoms with van der Waals surface area (Å²) >= 11 is 6.39. The van der Waals surface area contributed by atoms with Gasteiger partial charge >= 0.3 is 0 Å². The number of aromatic nitrogens is 1. The second-order valence-corrected chi connectivity index (χ2v) is 8.39. The first kappa shape index (κ1) is 20.6. The summed E-state index contributed by atoms with van der Waals surface area (Å²) in [5.41, 5.74) is 8.12. The number of amides is 2. The van der Waals surface area contributed by atoms with Gasteiger partial charge in [0.25, 0.3) is 5.91 Å². The SMILES string of the molecule is Cn1cccc1[C@@H]1CC(c2ccccc2Cl)=NN1C(=O)CN1CCC(C(N)=O)CC1. The number of hydrazone groups is 1. The Labute approximate surface area is 181 Å². The Morgan fingerprint density at radius 3 is 2.53 bits per heavy atom. The number of halogens is 1. The lowest BCUT2D eigenvalue weighted by atomic mass is 9.96. The van der Waals surface area contributed by atoms with E-state index in [1.165, 1.54) is 0 Å². The van der Waals surface area contributed by atoms with E-state index in [1.807, 2.05) is 54.2 Å². The van der Waals surface area contributed by atoms with Gasteiger partial charge in [0.05, 0.1) is 12.3 Å². The molecular weight excluding hydrogens is 402 g/mol. The Morgan fingerprint density at radius 1 is 1.17 bits per heavy atom. The van der Waals surface area contributed by atoms with Crippen LogP contribution in [-0.4, -0.2) is 51.6 Å². The summed E-state index contributed by atoms with van der Waals surface area (Å²) < 4.78 is 2.02. The van der Waals surface area contributed by atoms with E-state index < -0.39 is 0 Å². The van der Waals surface area contributed by atoms with Crippen molar-refractivity contribution < 1.29 is 9.59 Å². The van der Waals surface area contributed by atoms with Crippen molar-refractivity contribution in [3.8, 4) is 0 Å². The summed E-state index contributed by atoms with van der Waals surface area (Å²) in [6.45, 7) is 1.64. The highest BCUT2D eigenvalue weighted by Crippen LogP contribution is 2.34. The average molecular weight is 428 g/mol. The van der Waals surface area contributed by atoms with Crippen molar-refractivity contribution >= 4 is 29.1 Å². The molecule has 30 heavy (non-hydrogen) atoms. The third kappa shape index (κ3) is 4.13. The molecule has 1 aromatic heterocycles. The Balaban J connectivity index is 1.54. The molecule has 4 rings (SSSR count). The molecule has 2 amide bonds. The maximum Gasteiger partial charge on any atom is 0.257 e. The van der Waals surface area contributed by atoms with Crippen LogP contribution in [0.3, 0.4) is 0 Å². The van der Waals surface area contributed by atoms with Crippen molar-refractivity contribution in [3.05, 3.63) is 58.9 Å². The molecule has 1 aromatic carbocycles. The molecule has 0 radical (unpaired) electrons. The van der Waals surface area contributed by atoms with Gasteiger partial charge in [0, 0.05) is 41.9 Å². The number of nitrogens with two attached hydrogens (primary N) is 1. The Hall–Kier alpha value is -2.64. The molecule has 2 aliphatic heterocycles. The van der Waals surface area contributed by atoms with E-state index in [4.69, 9.17) is 22.4 Å². The van der Waals surface area contributed by atoms with Crippen molar-refractivity contribution in [3.63, 3.8) is 0 Å². The minimum absolute atomic E-state index is 0.0548. The van der Waals surface area contributed by atoms with E-state index in [2.05, 4.69) is 4.90 Å². The van der Waals surface area contributed by atoms with Gasteiger partial charge in [0.1, 0.15) is 6.04 Å². The minimum Gasteiger partial charge on any atom is -0.369 e. The second-order valence-electron chi connectivity index (χ2n) is 7.98. The van der Waals surface area contributed by atoms with Gasteiger partial charge < -0.3 is 10.3 Å². The monoisotopic (exact) mass is 427 g/mol. The predicted molar refractivity (Wildman–Crippen MR) is 116 cm³/mol. The Bertz CT molecular complexity index is 977. The van der Waals surface area contributed by atoms with Crippen molar-refractivity contribution in [2.24, 2.45) is 23.8 Å². The average Bonchev–Trinajstić information content (AvgIpc) is 3.35. The van der Waals surface area contributed by atoms with E-state index in [1.54, 1.807) is 5.01 Å². The van der Waals surface area contributed by atoms with Gasteiger partial charge in [0.2, 0.25) is 5.91 Å². The van der Waals surface area contributed by atoms with Crippen molar-refractivity contribution in [2.45, 2.75) is 25.3 Å². The number of hydrogen-bond acceptors (Lipinski definition) is 4. The van der Waals surface area contributed by atoms with Crippen molar-refractivity contribution in [1.82, 2.24) is 14.5 Å². The predicted octanol–water partition coefficient (Wildman–Crippen LogP) is 2.55. The first-order chi connectivity index (χ1) is 14.4. The minimum atomic E-state index is -0.252. The lowest BCUT2D eigenvalue weighted by Gasteiger charge is -2.31. The third-order valence-electron chi connectivity index (χ3n) is 6.02. The second kappa shape index (κ2) is 8.62. The smallest absolute Gasteiger partial charge is 0.257 e. The van der Waals surface area contributed by atoms with Crippen molar-refractivity contribution in [2.75, 3.05) is 19.6 Å². The first-order valence-corrected chi connectivity index (χ1v) is 10.6. The van der Waals surface area contributed by atoms with Crippen LogP contribution in [0.2, 0.25) is 5.02 Å². The number of rotatable bonds is 5. The molecular formula is C22H26ClN5O2. The molecule has 0 unspecified atom stereocenters. The topological polar surface area (TPSA) is 83.9 Å². The zero-order valence-electron chi connectivity index (χ0n) is 17.0. The maximum absolute atomic E-state index is 13.3. The normalized spacial score (nSPS) is 20.4. The number of carbonyl (C=O) groups is 2. The van der Waals surface area contributed by atoms with Crippen LogP contribution in [-0.2, 0) is 16.6 Å². The fourth-order valence-corrected chi connectivity index (χ4v) is 4.53. The number of nitrogens with zero attached hydrogens (tertiary/aromatic N) is 4. The number of primary amides is 1. The van der Waals surface area contributed by atoms with Crippen LogP contribution >= 0.6 is 11.6 Å². The molecule has 0 saturated carbocycles. The molecule has 0 aliphatic carbocycles. The summed E-state index contributed by atoms with van der Waals surface area (Å²) in [6.07, 6.45) is 3.97. The fourth-order valence-electron chi connectivity index (χ4n) is 4.29. The van der Waals surface area contributed by atoms with Gasteiger partial charge in [-0.1, -0.05) is 29.8 Å². The van der Waals surface area contributed by atoms with E-state index in [9.17, 15) is 9.59 Å². The quantitative estimate of drug-likeness (QED) is 0.795. The number of piperidine rings is 1. The van der Waals surface area contributed by atoms with Gasteiger partial charge in [-0.3, -0.25) is 14.5 Å². The highest BCUT2D eigenvalue weighted by molar-refractivity contribution is 6.34. The molecule has 2 N–H and O–H groups in total. The fraction of sp³-hybridized carbons (Fsp3) is 0.409. The number of hydrogen-bond donors (Lipinski definition) is 1. The molecule has 158 valence electrons. The molecule has 2 aromatic rings. The van der Waals surface area contributed by atoms with Gasteiger partial charge in [-0.25, -0.2) is 5.01 Å². The molecule has 3 heterocycles. The van der Waals surface area contributed by atoms with Crippen LogP contribution < -0.4 is 5.73 Å². The van der Waals surface area contributed by atoms with Crippen LogP contribution in [0.5, 0.6) is 0 Å². The van der Waals surface area contributed by atoms with Crippen LogP contribution in [0.25, 0.3) is 0 Å². The molecule has 1 saturated heterocycles. The highest BCUT2D eigenvalue weighted by Gasteiger charge is 2.36. The lowest BCUT2D eigenvalue weighted by Crippen LogP contribution is -2.44. The first-order valence-electron chi connectivity index (χ1n) is 10.2. The molecule has 2 aliphatic rings. The van der Waals surface area contributed by atoms with Crippen LogP contribution in [0, 0.1) is 5.92 Å². The third-order valence-corrected chi connectivity index (χ3v) is 6.35. The van der Waals surface area contributed by atoms with E-state index >= 15 is 0 Å². The summed E-state index contributed by atoms with van der Waals surface area (Å²) in [6, 6.07) is 11.4. The highest BCUT2D eigenvalue weighted by atomic mass is 35.5. The molecule has 1 fully saturated rings. The largest absolute Gasteiger partial charge is 0.369 e. The Morgan fingerprint density at radius 2 is 1.90 bits per heavy atom. The number of benzene rings is 1. The molecule has 8 heteroatoms. The van der Waals surface area contributed by atoms with Crippen LogP contribution in [0.15, 0.2) is 47.7 Å². The van der Waals surface area contributed by atoms with Crippen LogP contribution in [0.1, 0.15) is 36.6 Å².